The van der Waals surface area contributed by atoms with Gasteiger partial charge < -0.3 is 10.1 Å². The molecule has 0 aliphatic carbocycles. The minimum atomic E-state index is -4.46. The minimum absolute atomic E-state index is 0.211. The minimum Gasteiger partial charge on any atom is -0.443 e. The maximum Gasteiger partial charge on any atom is 0.416 e. The Labute approximate surface area is 166 Å². The Morgan fingerprint density at radius 1 is 1.03 bits per heavy atom. The number of hydrogen-bond donors (Lipinski definition) is 1. The van der Waals surface area contributed by atoms with Crippen molar-refractivity contribution in [3.05, 3.63) is 59.7 Å². The second-order valence-corrected chi connectivity index (χ2v) is 7.76. The van der Waals surface area contributed by atoms with E-state index in [1.807, 2.05) is 12.1 Å². The van der Waals surface area contributed by atoms with Crippen LogP contribution < -0.4 is 10.2 Å². The molecule has 1 N–H and O–H groups in total. The summed E-state index contributed by atoms with van der Waals surface area (Å²) in [6.45, 7) is 5.18. The summed E-state index contributed by atoms with van der Waals surface area (Å²) < 4.78 is 43.6. The summed E-state index contributed by atoms with van der Waals surface area (Å²) in [6.07, 6.45) is -4.83. The topological polar surface area (TPSA) is 58.6 Å². The molecule has 29 heavy (non-hydrogen) atoms. The Bertz CT molecular complexity index is 918. The van der Waals surface area contributed by atoms with Crippen molar-refractivity contribution in [1.29, 1.82) is 0 Å². The quantitative estimate of drug-likeness (QED) is 0.763. The van der Waals surface area contributed by atoms with E-state index in [1.54, 1.807) is 32.9 Å². The molecule has 0 saturated carbocycles. The Balaban J connectivity index is 1.82. The summed E-state index contributed by atoms with van der Waals surface area (Å²) in [7, 11) is 0. The number of hydrogen-bond acceptors (Lipinski definition) is 3. The molecule has 0 aromatic heterocycles. The van der Waals surface area contributed by atoms with Gasteiger partial charge in [0.25, 0.3) is 0 Å². The zero-order valence-electron chi connectivity index (χ0n) is 16.2. The van der Waals surface area contributed by atoms with Gasteiger partial charge in [-0.15, -0.1) is 0 Å². The Hall–Kier alpha value is -3.03. The molecule has 5 nitrogen and oxygen atoms in total. The van der Waals surface area contributed by atoms with Gasteiger partial charge in [0, 0.05) is 12.1 Å². The van der Waals surface area contributed by atoms with E-state index in [2.05, 4.69) is 5.32 Å². The van der Waals surface area contributed by atoms with Crippen molar-refractivity contribution in [3.8, 4) is 0 Å². The summed E-state index contributed by atoms with van der Waals surface area (Å²) in [4.78, 5) is 26.9. The molecule has 1 atom stereocenters. The van der Waals surface area contributed by atoms with E-state index in [1.165, 1.54) is 17.0 Å². The molecule has 3 rings (SSSR count). The fourth-order valence-corrected chi connectivity index (χ4v) is 3.10. The van der Waals surface area contributed by atoms with Crippen molar-refractivity contribution in [1.82, 2.24) is 0 Å². The Kier molecular flexibility index (Phi) is 5.30. The number of para-hydroxylation sites is 1. The lowest BCUT2D eigenvalue weighted by molar-refractivity contribution is -0.137. The highest BCUT2D eigenvalue weighted by atomic mass is 19.4. The van der Waals surface area contributed by atoms with Crippen molar-refractivity contribution in [3.63, 3.8) is 0 Å². The van der Waals surface area contributed by atoms with Crippen molar-refractivity contribution in [2.24, 2.45) is 0 Å². The summed E-state index contributed by atoms with van der Waals surface area (Å²) in [5.41, 5.74) is 0.0470. The first-order valence-electron chi connectivity index (χ1n) is 9.04. The van der Waals surface area contributed by atoms with E-state index in [4.69, 9.17) is 4.74 Å². The number of carbonyl (C=O) groups is 2. The summed E-state index contributed by atoms with van der Waals surface area (Å²) >= 11 is 0. The molecule has 0 spiro atoms. The number of fused-ring (bicyclic) bond motifs is 1. The molecule has 8 heteroatoms. The first-order valence-corrected chi connectivity index (χ1v) is 9.04. The average molecular weight is 406 g/mol. The molecule has 1 aliphatic rings. The van der Waals surface area contributed by atoms with E-state index in [-0.39, 0.29) is 12.1 Å². The Morgan fingerprint density at radius 2 is 1.66 bits per heavy atom. The molecule has 1 aliphatic heterocycles. The first-order chi connectivity index (χ1) is 13.5. The van der Waals surface area contributed by atoms with Crippen molar-refractivity contribution < 1.29 is 27.5 Å². The van der Waals surface area contributed by atoms with Crippen LogP contribution in [0, 0.1) is 0 Å². The number of alkyl halides is 3. The van der Waals surface area contributed by atoms with Gasteiger partial charge in [-0.05, 0) is 56.7 Å². The van der Waals surface area contributed by atoms with Crippen LogP contribution in [-0.4, -0.2) is 23.6 Å². The number of nitrogens with zero attached hydrogens (tertiary/aromatic N) is 1. The zero-order chi connectivity index (χ0) is 21.4. The van der Waals surface area contributed by atoms with Crippen LogP contribution in [0.3, 0.4) is 0 Å². The van der Waals surface area contributed by atoms with Crippen LogP contribution in [-0.2, 0) is 22.1 Å². The van der Waals surface area contributed by atoms with Crippen molar-refractivity contribution >= 4 is 23.4 Å². The molecule has 1 heterocycles. The number of benzene rings is 2. The normalized spacial score (nSPS) is 16.3. The van der Waals surface area contributed by atoms with Gasteiger partial charge >= 0.3 is 12.3 Å². The zero-order valence-corrected chi connectivity index (χ0v) is 16.2. The van der Waals surface area contributed by atoms with Crippen LogP contribution in [0.1, 0.15) is 31.9 Å². The maximum absolute atomic E-state index is 12.9. The van der Waals surface area contributed by atoms with E-state index < -0.39 is 35.4 Å². The maximum atomic E-state index is 12.9. The van der Waals surface area contributed by atoms with E-state index in [9.17, 15) is 22.8 Å². The lowest BCUT2D eigenvalue weighted by Crippen LogP contribution is -2.47. The smallest absolute Gasteiger partial charge is 0.416 e. The van der Waals surface area contributed by atoms with Gasteiger partial charge in [-0.25, -0.2) is 4.79 Å². The molecule has 2 amide bonds. The second kappa shape index (κ2) is 7.42. The molecule has 154 valence electrons. The molecule has 2 aromatic rings. The molecule has 0 fully saturated rings. The fourth-order valence-electron chi connectivity index (χ4n) is 3.10. The average Bonchev–Trinajstić information content (AvgIpc) is 3.00. The summed E-state index contributed by atoms with van der Waals surface area (Å²) in [5.74, 6) is -0.508. The highest BCUT2D eigenvalue weighted by molar-refractivity contribution is 6.05. The van der Waals surface area contributed by atoms with Crippen LogP contribution in [0.4, 0.5) is 29.3 Å². The Morgan fingerprint density at radius 3 is 2.24 bits per heavy atom. The predicted molar refractivity (Wildman–Crippen MR) is 103 cm³/mol. The highest BCUT2D eigenvalue weighted by Gasteiger charge is 2.40. The van der Waals surface area contributed by atoms with Gasteiger partial charge in [0.2, 0.25) is 5.91 Å². The monoisotopic (exact) mass is 406 g/mol. The van der Waals surface area contributed by atoms with Gasteiger partial charge in [0.15, 0.2) is 0 Å². The van der Waals surface area contributed by atoms with Gasteiger partial charge in [0.1, 0.15) is 11.6 Å². The number of anilines is 2. The second-order valence-electron chi connectivity index (χ2n) is 7.76. The number of nitrogens with one attached hydrogen (secondary N) is 1. The highest BCUT2D eigenvalue weighted by Crippen LogP contribution is 2.34. The third kappa shape index (κ3) is 4.70. The van der Waals surface area contributed by atoms with E-state index in [0.717, 1.165) is 17.7 Å². The molecule has 0 bridgehead atoms. The van der Waals surface area contributed by atoms with Gasteiger partial charge in [-0.3, -0.25) is 9.69 Å². The lowest BCUT2D eigenvalue weighted by atomic mass is 10.1. The number of halogens is 3. The van der Waals surface area contributed by atoms with E-state index >= 15 is 0 Å². The third-order valence-electron chi connectivity index (χ3n) is 4.35. The number of ether oxygens (including phenoxy) is 1. The lowest BCUT2D eigenvalue weighted by Gasteiger charge is -2.28. The van der Waals surface area contributed by atoms with Crippen molar-refractivity contribution in [2.45, 2.75) is 45.0 Å². The standard InChI is InChI=1S/C21H21F3N2O3/c1-20(2,3)29-19(28)26-16-7-5-4-6-13(16)12-17(26)18(27)25-15-10-8-14(9-11-15)21(22,23)24/h4-11,17H,12H2,1-3H3,(H,25,27)/t17-/m0/s1. The molecule has 0 radical (unpaired) electrons. The number of carbonyl (C=O) groups excluding carboxylic acids is 2. The third-order valence-corrected chi connectivity index (χ3v) is 4.35. The van der Waals surface area contributed by atoms with Crippen LogP contribution in [0.5, 0.6) is 0 Å². The van der Waals surface area contributed by atoms with Gasteiger partial charge in [0.05, 0.1) is 11.3 Å². The molecule has 0 unspecified atom stereocenters. The van der Waals surface area contributed by atoms with Crippen molar-refractivity contribution in [2.75, 3.05) is 10.2 Å². The van der Waals surface area contributed by atoms with Crippen LogP contribution in [0.2, 0.25) is 0 Å². The fraction of sp³-hybridized carbons (Fsp3) is 0.333. The molecule has 0 saturated heterocycles. The molecule has 2 aromatic carbocycles. The van der Waals surface area contributed by atoms with Crippen LogP contribution in [0.25, 0.3) is 0 Å². The first kappa shape index (κ1) is 20.7. The largest absolute Gasteiger partial charge is 0.443 e. The van der Waals surface area contributed by atoms with Crippen LogP contribution in [0.15, 0.2) is 48.5 Å². The van der Waals surface area contributed by atoms with E-state index in [0.29, 0.717) is 5.69 Å². The number of rotatable bonds is 2. The molecular weight excluding hydrogens is 385 g/mol. The van der Waals surface area contributed by atoms with Crippen LogP contribution >= 0.6 is 0 Å². The predicted octanol–water partition coefficient (Wildman–Crippen LogP) is 5.01. The SMILES string of the molecule is CC(C)(C)OC(=O)N1c2ccccc2C[C@H]1C(=O)Nc1ccc(C(F)(F)F)cc1. The van der Waals surface area contributed by atoms with Gasteiger partial charge in [-0.2, -0.15) is 13.2 Å². The summed E-state index contributed by atoms with van der Waals surface area (Å²) in [5, 5.41) is 2.59. The number of amides is 2. The van der Waals surface area contributed by atoms with Gasteiger partial charge in [-0.1, -0.05) is 18.2 Å². The molecular formula is C21H21F3N2O3. The summed E-state index contributed by atoms with van der Waals surface area (Å²) in [6, 6.07) is 10.4.